The van der Waals surface area contributed by atoms with Crippen LogP contribution in [0.5, 0.6) is 0 Å². The van der Waals surface area contributed by atoms with E-state index in [1.54, 1.807) is 7.11 Å². The Hall–Kier alpha value is -0.120. The largest absolute Gasteiger partial charge is 0.390 e. The second-order valence-electron chi connectivity index (χ2n) is 2.61. The predicted molar refractivity (Wildman–Crippen MR) is 36.6 cm³/mol. The normalized spacial score (nSPS) is 33.0. The SMILES string of the molecule is COCO[C@@H]1CCC[C@@H]1O. The van der Waals surface area contributed by atoms with E-state index in [0.717, 1.165) is 19.3 Å². The van der Waals surface area contributed by atoms with Gasteiger partial charge in [-0.25, -0.2) is 0 Å². The molecule has 0 aromatic rings. The summed E-state index contributed by atoms with van der Waals surface area (Å²) in [5.41, 5.74) is 0. The van der Waals surface area contributed by atoms with E-state index in [2.05, 4.69) is 0 Å². The van der Waals surface area contributed by atoms with Crippen LogP contribution in [0.3, 0.4) is 0 Å². The number of rotatable bonds is 3. The lowest BCUT2D eigenvalue weighted by Gasteiger charge is -2.13. The van der Waals surface area contributed by atoms with Crippen molar-refractivity contribution in [2.45, 2.75) is 31.5 Å². The van der Waals surface area contributed by atoms with Crippen LogP contribution in [-0.4, -0.2) is 31.2 Å². The second kappa shape index (κ2) is 3.91. The molecule has 0 aromatic heterocycles. The van der Waals surface area contributed by atoms with E-state index in [-0.39, 0.29) is 12.2 Å². The van der Waals surface area contributed by atoms with Crippen molar-refractivity contribution >= 4 is 0 Å². The Morgan fingerprint density at radius 2 is 2.30 bits per heavy atom. The van der Waals surface area contributed by atoms with Gasteiger partial charge in [0.1, 0.15) is 6.79 Å². The van der Waals surface area contributed by atoms with E-state index in [4.69, 9.17) is 9.47 Å². The van der Waals surface area contributed by atoms with Gasteiger partial charge in [0.2, 0.25) is 0 Å². The van der Waals surface area contributed by atoms with Crippen LogP contribution in [0.25, 0.3) is 0 Å². The van der Waals surface area contributed by atoms with Gasteiger partial charge in [0, 0.05) is 7.11 Å². The van der Waals surface area contributed by atoms with Crippen LogP contribution in [0.2, 0.25) is 0 Å². The maximum atomic E-state index is 9.24. The second-order valence-corrected chi connectivity index (χ2v) is 2.61. The summed E-state index contributed by atoms with van der Waals surface area (Å²) in [6.45, 7) is 0.293. The molecule has 0 bridgehead atoms. The van der Waals surface area contributed by atoms with Crippen molar-refractivity contribution in [2.24, 2.45) is 0 Å². The lowest BCUT2D eigenvalue weighted by molar-refractivity contribution is -0.101. The van der Waals surface area contributed by atoms with E-state index < -0.39 is 0 Å². The minimum atomic E-state index is -0.268. The van der Waals surface area contributed by atoms with Crippen LogP contribution in [0.1, 0.15) is 19.3 Å². The Bertz CT molecular complexity index is 94.9. The van der Waals surface area contributed by atoms with Gasteiger partial charge in [0.25, 0.3) is 0 Å². The smallest absolute Gasteiger partial charge is 0.146 e. The van der Waals surface area contributed by atoms with E-state index in [9.17, 15) is 5.11 Å². The van der Waals surface area contributed by atoms with Gasteiger partial charge in [-0.3, -0.25) is 0 Å². The van der Waals surface area contributed by atoms with Crippen LogP contribution in [0.4, 0.5) is 0 Å². The average molecular weight is 146 g/mol. The first-order valence-electron chi connectivity index (χ1n) is 3.63. The first-order chi connectivity index (χ1) is 4.84. The van der Waals surface area contributed by atoms with Crippen molar-refractivity contribution in [2.75, 3.05) is 13.9 Å². The van der Waals surface area contributed by atoms with Crippen molar-refractivity contribution in [3.05, 3.63) is 0 Å². The molecule has 1 aliphatic carbocycles. The third-order valence-corrected chi connectivity index (χ3v) is 1.82. The maximum Gasteiger partial charge on any atom is 0.146 e. The molecule has 0 unspecified atom stereocenters. The van der Waals surface area contributed by atoms with Gasteiger partial charge in [0.05, 0.1) is 12.2 Å². The highest BCUT2D eigenvalue weighted by molar-refractivity contribution is 4.76. The maximum absolute atomic E-state index is 9.24. The lowest BCUT2D eigenvalue weighted by atomic mass is 10.3. The van der Waals surface area contributed by atoms with E-state index >= 15 is 0 Å². The molecule has 1 rings (SSSR count). The van der Waals surface area contributed by atoms with Gasteiger partial charge in [-0.2, -0.15) is 0 Å². The van der Waals surface area contributed by atoms with Gasteiger partial charge in [-0.15, -0.1) is 0 Å². The highest BCUT2D eigenvalue weighted by atomic mass is 16.7. The zero-order valence-corrected chi connectivity index (χ0v) is 6.25. The molecule has 0 radical (unpaired) electrons. The third kappa shape index (κ3) is 1.94. The topological polar surface area (TPSA) is 38.7 Å². The molecule has 10 heavy (non-hydrogen) atoms. The standard InChI is InChI=1S/C7H14O3/c1-9-5-10-7-4-2-3-6(7)8/h6-8H,2-5H2,1H3/t6-,7+/m0/s1. The van der Waals surface area contributed by atoms with Crippen molar-refractivity contribution < 1.29 is 14.6 Å². The summed E-state index contributed by atoms with van der Waals surface area (Å²) in [6, 6.07) is 0. The zero-order valence-electron chi connectivity index (χ0n) is 6.25. The molecule has 3 heteroatoms. The molecule has 0 aromatic carbocycles. The lowest BCUT2D eigenvalue weighted by Crippen LogP contribution is -2.23. The Balaban J connectivity index is 2.14. The van der Waals surface area contributed by atoms with Crippen LogP contribution < -0.4 is 0 Å². The summed E-state index contributed by atoms with van der Waals surface area (Å²) in [6.07, 6.45) is 2.64. The van der Waals surface area contributed by atoms with Gasteiger partial charge in [-0.05, 0) is 19.3 Å². The Labute approximate surface area is 60.9 Å². The highest BCUT2D eigenvalue weighted by Crippen LogP contribution is 2.21. The molecule has 0 spiro atoms. The Morgan fingerprint density at radius 3 is 2.80 bits per heavy atom. The van der Waals surface area contributed by atoms with Crippen molar-refractivity contribution in [1.29, 1.82) is 0 Å². The Kier molecular flexibility index (Phi) is 3.12. The van der Waals surface area contributed by atoms with E-state index in [0.29, 0.717) is 6.79 Å². The molecule has 1 N–H and O–H groups in total. The number of aliphatic hydroxyl groups excluding tert-OH is 1. The summed E-state index contributed by atoms with van der Waals surface area (Å²) >= 11 is 0. The molecule has 3 nitrogen and oxygen atoms in total. The van der Waals surface area contributed by atoms with Crippen LogP contribution >= 0.6 is 0 Å². The Morgan fingerprint density at radius 1 is 1.50 bits per heavy atom. The fourth-order valence-electron chi connectivity index (χ4n) is 1.26. The molecule has 0 amide bonds. The van der Waals surface area contributed by atoms with Crippen molar-refractivity contribution in [1.82, 2.24) is 0 Å². The van der Waals surface area contributed by atoms with Gasteiger partial charge >= 0.3 is 0 Å². The monoisotopic (exact) mass is 146 g/mol. The average Bonchev–Trinajstić information content (AvgIpc) is 2.31. The fraction of sp³-hybridized carbons (Fsp3) is 1.00. The minimum Gasteiger partial charge on any atom is -0.390 e. The van der Waals surface area contributed by atoms with Gasteiger partial charge in [0.15, 0.2) is 0 Å². The number of hydrogen-bond donors (Lipinski definition) is 1. The van der Waals surface area contributed by atoms with Crippen molar-refractivity contribution in [3.8, 4) is 0 Å². The zero-order chi connectivity index (χ0) is 7.40. The van der Waals surface area contributed by atoms with Crippen LogP contribution in [-0.2, 0) is 9.47 Å². The number of ether oxygens (including phenoxy) is 2. The summed E-state index contributed by atoms with van der Waals surface area (Å²) in [4.78, 5) is 0. The predicted octanol–water partition coefficient (Wildman–Crippen LogP) is 0.520. The molecular weight excluding hydrogens is 132 g/mol. The van der Waals surface area contributed by atoms with Gasteiger partial charge < -0.3 is 14.6 Å². The fourth-order valence-corrected chi connectivity index (χ4v) is 1.26. The van der Waals surface area contributed by atoms with Gasteiger partial charge in [-0.1, -0.05) is 0 Å². The molecular formula is C7H14O3. The van der Waals surface area contributed by atoms with Crippen LogP contribution in [0, 0.1) is 0 Å². The summed E-state index contributed by atoms with van der Waals surface area (Å²) in [5, 5.41) is 9.24. The molecule has 1 aliphatic rings. The number of methoxy groups -OCH3 is 1. The first kappa shape index (κ1) is 7.98. The number of hydrogen-bond acceptors (Lipinski definition) is 3. The number of aliphatic hydroxyl groups is 1. The molecule has 1 fully saturated rings. The quantitative estimate of drug-likeness (QED) is 0.590. The summed E-state index contributed by atoms with van der Waals surface area (Å²) < 4.78 is 9.91. The molecule has 1 saturated carbocycles. The molecule has 2 atom stereocenters. The molecule has 0 saturated heterocycles. The summed E-state index contributed by atoms with van der Waals surface area (Å²) in [5.74, 6) is 0. The third-order valence-electron chi connectivity index (χ3n) is 1.82. The highest BCUT2D eigenvalue weighted by Gasteiger charge is 2.25. The van der Waals surface area contributed by atoms with E-state index in [1.807, 2.05) is 0 Å². The minimum absolute atomic E-state index is 0.0138. The van der Waals surface area contributed by atoms with Crippen LogP contribution in [0.15, 0.2) is 0 Å². The molecule has 0 aliphatic heterocycles. The van der Waals surface area contributed by atoms with Crippen molar-refractivity contribution in [3.63, 3.8) is 0 Å². The van der Waals surface area contributed by atoms with E-state index in [1.165, 1.54) is 0 Å². The first-order valence-corrected chi connectivity index (χ1v) is 3.63. The molecule has 60 valence electrons. The summed E-state index contributed by atoms with van der Waals surface area (Å²) in [7, 11) is 1.58. The molecule has 0 heterocycles.